The van der Waals surface area contributed by atoms with E-state index in [-0.39, 0.29) is 12.1 Å². The second kappa shape index (κ2) is 5.85. The van der Waals surface area contributed by atoms with Gasteiger partial charge in [0.1, 0.15) is 6.10 Å². The zero-order valence-corrected chi connectivity index (χ0v) is 12.9. The van der Waals surface area contributed by atoms with Crippen LogP contribution in [0, 0.1) is 5.41 Å². The van der Waals surface area contributed by atoms with E-state index in [0.29, 0.717) is 27.7 Å². The molecule has 4 nitrogen and oxygen atoms in total. The van der Waals surface area contributed by atoms with Crippen LogP contribution in [0.4, 0.5) is 0 Å². The smallest absolute Gasteiger partial charge is 0.338 e. The second-order valence-corrected chi connectivity index (χ2v) is 6.49. The van der Waals surface area contributed by atoms with E-state index in [9.17, 15) is 4.79 Å². The number of carbonyl (C=O) groups excluding carboxylic acids is 1. The van der Waals surface area contributed by atoms with E-state index in [1.165, 1.54) is 6.34 Å². The van der Waals surface area contributed by atoms with Crippen LogP contribution < -0.4 is 0 Å². The van der Waals surface area contributed by atoms with Gasteiger partial charge < -0.3 is 9.64 Å². The molecule has 1 N–H and O–H groups in total. The van der Waals surface area contributed by atoms with Gasteiger partial charge >= 0.3 is 5.97 Å². The lowest BCUT2D eigenvalue weighted by Crippen LogP contribution is -2.44. The maximum Gasteiger partial charge on any atom is 0.338 e. The van der Waals surface area contributed by atoms with E-state index in [0.717, 1.165) is 25.7 Å². The van der Waals surface area contributed by atoms with Gasteiger partial charge in [-0.25, -0.2) is 4.79 Å². The minimum Gasteiger partial charge on any atom is -0.459 e. The summed E-state index contributed by atoms with van der Waals surface area (Å²) in [7, 11) is 0. The summed E-state index contributed by atoms with van der Waals surface area (Å²) >= 11 is 11.8. The average Bonchev–Trinajstić information content (AvgIpc) is 2.67. The van der Waals surface area contributed by atoms with Crippen LogP contribution >= 0.6 is 23.2 Å². The maximum atomic E-state index is 12.2. The number of fused-ring (bicyclic) bond motifs is 2. The lowest BCUT2D eigenvalue weighted by molar-refractivity contribution is 0.00708. The maximum absolute atomic E-state index is 12.2. The number of nitrogens with zero attached hydrogens (tertiary/aromatic N) is 1. The zero-order valence-electron chi connectivity index (χ0n) is 11.4. The topological polar surface area (TPSA) is 53.4 Å². The Hall–Kier alpha value is -1.26. The molecule has 2 unspecified atom stereocenters. The molecule has 112 valence electrons. The first-order chi connectivity index (χ1) is 10.1. The molecule has 21 heavy (non-hydrogen) atoms. The van der Waals surface area contributed by atoms with Crippen LogP contribution in [0.15, 0.2) is 18.2 Å². The van der Waals surface area contributed by atoms with Gasteiger partial charge in [-0.15, -0.1) is 0 Å². The lowest BCUT2D eigenvalue weighted by Gasteiger charge is -2.37. The van der Waals surface area contributed by atoms with Crippen molar-refractivity contribution in [3.8, 4) is 0 Å². The fourth-order valence-corrected chi connectivity index (χ4v) is 3.89. The molecule has 2 aliphatic rings. The molecular formula is C15H16Cl2N2O2. The molecule has 3 rings (SSSR count). The van der Waals surface area contributed by atoms with Gasteiger partial charge in [-0.05, 0) is 31.0 Å². The van der Waals surface area contributed by atoms with Gasteiger partial charge in [0.2, 0.25) is 0 Å². The number of ether oxygens (including phenoxy) is 1. The lowest BCUT2D eigenvalue weighted by atomic mass is 10.0. The molecule has 1 aromatic rings. The minimum absolute atomic E-state index is 0.0936. The largest absolute Gasteiger partial charge is 0.459 e. The summed E-state index contributed by atoms with van der Waals surface area (Å²) < 4.78 is 5.60. The van der Waals surface area contributed by atoms with Crippen molar-refractivity contribution in [2.75, 3.05) is 0 Å². The number of hydrogen-bond donors (Lipinski definition) is 1. The number of rotatable bonds is 3. The molecule has 0 aliphatic carbocycles. The van der Waals surface area contributed by atoms with Crippen LogP contribution in [0.3, 0.4) is 0 Å². The van der Waals surface area contributed by atoms with Crippen LogP contribution in [0.2, 0.25) is 10.0 Å². The number of halogens is 2. The summed E-state index contributed by atoms with van der Waals surface area (Å²) in [5, 5.41) is 8.30. The molecule has 0 amide bonds. The molecule has 0 saturated carbocycles. The van der Waals surface area contributed by atoms with Crippen molar-refractivity contribution in [3.63, 3.8) is 0 Å². The van der Waals surface area contributed by atoms with E-state index in [1.807, 2.05) is 0 Å². The van der Waals surface area contributed by atoms with Gasteiger partial charge in [-0.1, -0.05) is 23.2 Å². The van der Waals surface area contributed by atoms with Gasteiger partial charge in [0.25, 0.3) is 0 Å². The first-order valence-electron chi connectivity index (χ1n) is 7.02. The van der Waals surface area contributed by atoms with Gasteiger partial charge in [0.05, 0.1) is 11.9 Å². The van der Waals surface area contributed by atoms with Crippen molar-refractivity contribution >= 4 is 35.5 Å². The summed E-state index contributed by atoms with van der Waals surface area (Å²) in [5.41, 5.74) is 0.384. The quantitative estimate of drug-likeness (QED) is 0.522. The molecule has 2 bridgehead atoms. The van der Waals surface area contributed by atoms with Gasteiger partial charge in [-0.3, -0.25) is 5.41 Å². The molecule has 2 fully saturated rings. The van der Waals surface area contributed by atoms with Crippen LogP contribution in [-0.2, 0) is 4.74 Å². The Labute approximate surface area is 133 Å². The predicted octanol–water partition coefficient (Wildman–Crippen LogP) is 3.75. The van der Waals surface area contributed by atoms with Crippen molar-refractivity contribution < 1.29 is 9.53 Å². The Morgan fingerprint density at radius 3 is 2.29 bits per heavy atom. The number of nitrogens with one attached hydrogen (secondary N) is 1. The van der Waals surface area contributed by atoms with Crippen LogP contribution in [0.5, 0.6) is 0 Å². The summed E-state index contributed by atoms with van der Waals surface area (Å²) in [6, 6.07) is 5.36. The molecule has 2 aliphatic heterocycles. The van der Waals surface area contributed by atoms with Gasteiger partial charge in [0, 0.05) is 35.0 Å². The molecule has 2 heterocycles. The van der Waals surface area contributed by atoms with Crippen LogP contribution in [-0.4, -0.2) is 35.4 Å². The second-order valence-electron chi connectivity index (χ2n) is 5.62. The zero-order chi connectivity index (χ0) is 15.0. The third kappa shape index (κ3) is 3.01. The van der Waals surface area contributed by atoms with Gasteiger partial charge in [-0.2, -0.15) is 0 Å². The standard InChI is InChI=1S/C15H16Cl2N2O2/c16-10-3-9(4-11(17)5-10)15(20)21-14-6-12-1-2-13(7-14)19(12)8-18/h3-5,8,12-14,18H,1-2,6-7H2. The monoisotopic (exact) mass is 326 g/mol. The van der Waals surface area contributed by atoms with E-state index >= 15 is 0 Å². The summed E-state index contributed by atoms with van der Waals surface area (Å²) in [5.74, 6) is -0.382. The molecule has 0 radical (unpaired) electrons. The normalized spacial score (nSPS) is 27.5. The predicted molar refractivity (Wildman–Crippen MR) is 82.3 cm³/mol. The Morgan fingerprint density at radius 1 is 1.19 bits per heavy atom. The highest BCUT2D eigenvalue weighted by molar-refractivity contribution is 6.35. The SMILES string of the molecule is N=CN1C2CCC1CC(OC(=O)c1cc(Cl)cc(Cl)c1)C2. The highest BCUT2D eigenvalue weighted by Gasteiger charge is 2.40. The first-order valence-corrected chi connectivity index (χ1v) is 7.77. The number of esters is 1. The van der Waals surface area contributed by atoms with Crippen molar-refractivity contribution in [1.29, 1.82) is 5.41 Å². The molecule has 0 spiro atoms. The Kier molecular flexibility index (Phi) is 4.09. The van der Waals surface area contributed by atoms with E-state index in [4.69, 9.17) is 33.3 Å². The van der Waals surface area contributed by atoms with E-state index in [2.05, 4.69) is 4.90 Å². The number of carbonyl (C=O) groups is 1. The molecule has 1 aromatic carbocycles. The van der Waals surface area contributed by atoms with Crippen LogP contribution in [0.1, 0.15) is 36.0 Å². The fraction of sp³-hybridized carbons (Fsp3) is 0.467. The Morgan fingerprint density at radius 2 is 1.76 bits per heavy atom. The highest BCUT2D eigenvalue weighted by atomic mass is 35.5. The van der Waals surface area contributed by atoms with Crippen LogP contribution in [0.25, 0.3) is 0 Å². The van der Waals surface area contributed by atoms with E-state index < -0.39 is 0 Å². The van der Waals surface area contributed by atoms with Crippen molar-refractivity contribution in [3.05, 3.63) is 33.8 Å². The number of benzene rings is 1. The minimum atomic E-state index is -0.382. The summed E-state index contributed by atoms with van der Waals surface area (Å²) in [6.45, 7) is 0. The molecular weight excluding hydrogens is 311 g/mol. The van der Waals surface area contributed by atoms with E-state index in [1.54, 1.807) is 18.2 Å². The van der Waals surface area contributed by atoms with Crippen molar-refractivity contribution in [2.24, 2.45) is 0 Å². The average molecular weight is 327 g/mol. The van der Waals surface area contributed by atoms with Gasteiger partial charge in [0.15, 0.2) is 0 Å². The number of piperidine rings is 1. The number of hydrogen-bond acceptors (Lipinski definition) is 3. The third-order valence-corrected chi connectivity index (χ3v) is 4.70. The molecule has 2 saturated heterocycles. The third-order valence-electron chi connectivity index (χ3n) is 4.27. The highest BCUT2D eigenvalue weighted by Crippen LogP contribution is 2.36. The fourth-order valence-electron chi connectivity index (χ4n) is 3.36. The summed E-state index contributed by atoms with van der Waals surface area (Å²) in [4.78, 5) is 14.3. The molecule has 0 aromatic heterocycles. The Balaban J connectivity index is 1.67. The first kappa shape index (κ1) is 14.7. The van der Waals surface area contributed by atoms with Crippen molar-refractivity contribution in [1.82, 2.24) is 4.90 Å². The Bertz CT molecular complexity index is 545. The molecule has 6 heteroatoms. The summed E-state index contributed by atoms with van der Waals surface area (Å²) in [6.07, 6.45) is 5.02. The van der Waals surface area contributed by atoms with Crippen molar-refractivity contribution in [2.45, 2.75) is 43.9 Å². The molecule has 2 atom stereocenters.